The second kappa shape index (κ2) is 8.83. The fraction of sp³-hybridized carbons (Fsp3) is 0.381. The number of hydrogen-bond acceptors (Lipinski definition) is 7. The van der Waals surface area contributed by atoms with E-state index in [1.807, 2.05) is 5.38 Å². The molecule has 2 N–H and O–H groups in total. The van der Waals surface area contributed by atoms with E-state index in [-0.39, 0.29) is 17.0 Å². The highest BCUT2D eigenvalue weighted by Gasteiger charge is 2.37. The van der Waals surface area contributed by atoms with E-state index in [0.29, 0.717) is 53.4 Å². The van der Waals surface area contributed by atoms with Crippen molar-refractivity contribution in [1.82, 2.24) is 10.3 Å². The number of halogens is 2. The lowest BCUT2D eigenvalue weighted by atomic mass is 9.81. The standard InChI is InChI=1S/C21H21ClFN3O3S/c1-29-21(28)15-17(11-5-7-12(27)8-6-11)25-19(20-24-9-10-30-20)26-18(15)13-3-2-4-14(23)16(13)22/h2-4,9-12,18,27H,5-8H2,1H3,(H,25,26)/t11-,12-,18?. The Labute approximate surface area is 182 Å². The van der Waals surface area contributed by atoms with Gasteiger partial charge in [0.05, 0.1) is 23.8 Å². The number of allylic oxidation sites excluding steroid dienone is 1. The molecule has 0 radical (unpaired) electrons. The van der Waals surface area contributed by atoms with Gasteiger partial charge in [-0.25, -0.2) is 14.2 Å². The van der Waals surface area contributed by atoms with Gasteiger partial charge in [-0.05, 0) is 37.7 Å². The summed E-state index contributed by atoms with van der Waals surface area (Å²) in [5.41, 5.74) is 1.38. The fourth-order valence-corrected chi connectivity index (χ4v) is 4.81. The summed E-state index contributed by atoms with van der Waals surface area (Å²) in [5.74, 6) is -0.618. The lowest BCUT2D eigenvalue weighted by molar-refractivity contribution is -0.136. The summed E-state index contributed by atoms with van der Waals surface area (Å²) >= 11 is 7.69. The van der Waals surface area contributed by atoms with Gasteiger partial charge in [-0.15, -0.1) is 11.3 Å². The molecule has 0 bridgehead atoms. The largest absolute Gasteiger partial charge is 0.466 e. The van der Waals surface area contributed by atoms with Crippen molar-refractivity contribution in [2.24, 2.45) is 10.9 Å². The maximum Gasteiger partial charge on any atom is 0.338 e. The molecule has 0 amide bonds. The van der Waals surface area contributed by atoms with E-state index in [9.17, 15) is 14.3 Å². The Morgan fingerprint density at radius 1 is 1.33 bits per heavy atom. The van der Waals surface area contributed by atoms with E-state index in [1.165, 1.54) is 24.5 Å². The van der Waals surface area contributed by atoms with Crippen LogP contribution in [0.2, 0.25) is 5.02 Å². The number of ether oxygens (including phenoxy) is 1. The third kappa shape index (κ3) is 3.99. The van der Waals surface area contributed by atoms with Crippen LogP contribution >= 0.6 is 22.9 Å². The van der Waals surface area contributed by atoms with Crippen molar-refractivity contribution in [2.75, 3.05) is 7.11 Å². The molecule has 0 spiro atoms. The number of esters is 1. The molecule has 2 aromatic rings. The molecule has 1 aliphatic heterocycles. The average molecular weight is 450 g/mol. The summed E-state index contributed by atoms with van der Waals surface area (Å²) in [7, 11) is 1.31. The minimum Gasteiger partial charge on any atom is -0.466 e. The van der Waals surface area contributed by atoms with Crippen LogP contribution in [-0.2, 0) is 9.53 Å². The third-order valence-corrected chi connectivity index (χ3v) is 6.67. The van der Waals surface area contributed by atoms with E-state index < -0.39 is 17.8 Å². The van der Waals surface area contributed by atoms with Crippen molar-refractivity contribution in [3.8, 4) is 0 Å². The first-order chi connectivity index (χ1) is 14.5. The zero-order chi connectivity index (χ0) is 21.3. The monoisotopic (exact) mass is 449 g/mol. The highest BCUT2D eigenvalue weighted by atomic mass is 35.5. The van der Waals surface area contributed by atoms with Gasteiger partial charge in [-0.3, -0.25) is 4.99 Å². The topological polar surface area (TPSA) is 83.8 Å². The smallest absolute Gasteiger partial charge is 0.338 e. The molecule has 1 atom stereocenters. The van der Waals surface area contributed by atoms with Gasteiger partial charge >= 0.3 is 5.97 Å². The Morgan fingerprint density at radius 2 is 2.10 bits per heavy atom. The summed E-state index contributed by atoms with van der Waals surface area (Å²) in [6, 6.07) is 3.64. The summed E-state index contributed by atoms with van der Waals surface area (Å²) in [6.45, 7) is 0. The molecule has 6 nitrogen and oxygen atoms in total. The molecule has 1 saturated carbocycles. The van der Waals surface area contributed by atoms with Crippen LogP contribution in [0.15, 0.2) is 46.0 Å². The number of aliphatic hydroxyl groups is 1. The van der Waals surface area contributed by atoms with Gasteiger partial charge < -0.3 is 15.2 Å². The molecular formula is C21H21ClFN3O3S. The molecule has 158 valence electrons. The Hall–Kier alpha value is -2.29. The molecule has 1 aromatic heterocycles. The van der Waals surface area contributed by atoms with Crippen LogP contribution in [0.5, 0.6) is 0 Å². The number of hydrogen-bond donors (Lipinski definition) is 2. The van der Waals surface area contributed by atoms with Gasteiger partial charge in [0.2, 0.25) is 0 Å². The number of nitrogens with one attached hydrogen (secondary N) is 1. The van der Waals surface area contributed by atoms with Crippen molar-refractivity contribution in [3.63, 3.8) is 0 Å². The maximum atomic E-state index is 14.2. The van der Waals surface area contributed by atoms with Crippen LogP contribution in [-0.4, -0.2) is 35.1 Å². The predicted molar refractivity (Wildman–Crippen MR) is 113 cm³/mol. The molecule has 0 saturated heterocycles. The first kappa shape index (κ1) is 21.0. The lowest BCUT2D eigenvalue weighted by Crippen LogP contribution is -2.38. The van der Waals surface area contributed by atoms with E-state index >= 15 is 0 Å². The molecule has 30 heavy (non-hydrogen) atoms. The van der Waals surface area contributed by atoms with Crippen molar-refractivity contribution in [2.45, 2.75) is 37.8 Å². The summed E-state index contributed by atoms with van der Waals surface area (Å²) in [4.78, 5) is 21.9. The number of nitrogens with zero attached hydrogens (tertiary/aromatic N) is 2. The summed E-state index contributed by atoms with van der Waals surface area (Å²) in [6.07, 6.45) is 4.02. The van der Waals surface area contributed by atoms with E-state index in [1.54, 1.807) is 18.3 Å². The van der Waals surface area contributed by atoms with E-state index in [0.717, 1.165) is 0 Å². The van der Waals surface area contributed by atoms with Gasteiger partial charge in [-0.1, -0.05) is 23.7 Å². The van der Waals surface area contributed by atoms with Crippen LogP contribution in [0.1, 0.15) is 42.3 Å². The van der Waals surface area contributed by atoms with Crippen molar-refractivity contribution >= 4 is 34.7 Å². The van der Waals surface area contributed by atoms with Crippen LogP contribution in [0.4, 0.5) is 4.39 Å². The Kier molecular flexibility index (Phi) is 6.17. The molecule has 2 heterocycles. The molecule has 9 heteroatoms. The third-order valence-electron chi connectivity index (χ3n) is 5.50. The van der Waals surface area contributed by atoms with Crippen LogP contribution < -0.4 is 5.32 Å². The molecule has 1 aliphatic carbocycles. The van der Waals surface area contributed by atoms with Gasteiger partial charge in [-0.2, -0.15) is 0 Å². The molecule has 1 unspecified atom stereocenters. The van der Waals surface area contributed by atoms with Gasteiger partial charge in [0.15, 0.2) is 10.8 Å². The van der Waals surface area contributed by atoms with Gasteiger partial charge in [0.25, 0.3) is 0 Å². The van der Waals surface area contributed by atoms with E-state index in [4.69, 9.17) is 21.3 Å². The first-order valence-electron chi connectivity index (χ1n) is 9.68. The van der Waals surface area contributed by atoms with Crippen molar-refractivity contribution < 1.29 is 19.0 Å². The van der Waals surface area contributed by atoms with E-state index in [2.05, 4.69) is 10.3 Å². The van der Waals surface area contributed by atoms with Gasteiger partial charge in [0.1, 0.15) is 11.9 Å². The fourth-order valence-electron chi connectivity index (χ4n) is 3.99. The maximum absolute atomic E-state index is 14.2. The molecular weight excluding hydrogens is 429 g/mol. The highest BCUT2D eigenvalue weighted by Crippen LogP contribution is 2.41. The first-order valence-corrected chi connectivity index (χ1v) is 10.9. The molecule has 1 fully saturated rings. The van der Waals surface area contributed by atoms with Crippen molar-refractivity contribution in [3.05, 3.63) is 62.5 Å². The normalized spacial score (nSPS) is 24.3. The van der Waals surface area contributed by atoms with Crippen LogP contribution in [0, 0.1) is 11.7 Å². The minimum absolute atomic E-state index is 0.00259. The number of amidine groups is 1. The number of benzene rings is 1. The lowest BCUT2D eigenvalue weighted by Gasteiger charge is -2.34. The Morgan fingerprint density at radius 3 is 2.77 bits per heavy atom. The van der Waals surface area contributed by atoms with Crippen LogP contribution in [0.25, 0.3) is 0 Å². The Balaban J connectivity index is 1.87. The molecule has 4 rings (SSSR count). The highest BCUT2D eigenvalue weighted by molar-refractivity contribution is 7.11. The number of thiazole rings is 1. The number of aliphatic imine (C=N–C) groups is 1. The Bertz CT molecular complexity index is 1000. The average Bonchev–Trinajstić information content (AvgIpc) is 3.30. The predicted octanol–water partition coefficient (Wildman–Crippen LogP) is 4.00. The second-order valence-electron chi connectivity index (χ2n) is 7.31. The molecule has 1 aromatic carbocycles. The SMILES string of the molecule is COC(=O)C1=C([C@H]2CC[C@H](O)CC2)NC(c2nccs2)=NC1c1cccc(F)c1Cl. The number of aliphatic hydroxyl groups excluding tert-OH is 1. The number of carbonyl (C=O) groups is 1. The number of rotatable bonds is 4. The second-order valence-corrected chi connectivity index (χ2v) is 8.58. The minimum atomic E-state index is -0.831. The number of carbonyl (C=O) groups excluding carboxylic acids is 1. The zero-order valence-electron chi connectivity index (χ0n) is 16.3. The number of aromatic nitrogens is 1. The zero-order valence-corrected chi connectivity index (χ0v) is 17.8. The quantitative estimate of drug-likeness (QED) is 0.689. The summed E-state index contributed by atoms with van der Waals surface area (Å²) < 4.78 is 19.3. The molecule has 2 aliphatic rings. The van der Waals surface area contributed by atoms with Gasteiger partial charge in [0, 0.05) is 22.8 Å². The summed E-state index contributed by atoms with van der Waals surface area (Å²) in [5, 5.41) is 15.6. The number of methoxy groups -OCH3 is 1. The van der Waals surface area contributed by atoms with Crippen molar-refractivity contribution in [1.29, 1.82) is 0 Å². The van der Waals surface area contributed by atoms with Crippen LogP contribution in [0.3, 0.4) is 0 Å².